The van der Waals surface area contributed by atoms with Crippen LogP contribution in [0.5, 0.6) is 5.75 Å². The predicted octanol–water partition coefficient (Wildman–Crippen LogP) is 6.39. The maximum Gasteiger partial charge on any atom is 0.312 e. The van der Waals surface area contributed by atoms with Gasteiger partial charge in [-0.1, -0.05) is 18.2 Å². The lowest BCUT2D eigenvalue weighted by atomic mass is 9.71. The minimum Gasteiger partial charge on any atom is -0.497 e. The van der Waals surface area contributed by atoms with Crippen LogP contribution in [-0.2, 0) is 16.1 Å². The minimum atomic E-state index is -0.700. The highest BCUT2D eigenvalue weighted by Gasteiger charge is 2.56. The van der Waals surface area contributed by atoms with Crippen LogP contribution in [-0.4, -0.2) is 46.6 Å². The smallest absolute Gasteiger partial charge is 0.312 e. The molecular weight excluding hydrogens is 506 g/mol. The standard InChI is InChI=1S/C32H38N3O5/c1-6-21-19-35(20-23-9-7-8-10-28(23)34(37)38)16-14-22(21)17-29(35)30(40-31(36)32(2,3)4)25-13-15-33-27-12-11-24(39-5)18-26(25)27/h6-13,15,18,21-22,29-30H,1,14,16-17,19-20H2,2-5H3/q+1/t21?,22?,29?,30-,35?/m1/s1. The molecule has 3 aliphatic heterocycles. The first-order valence-electron chi connectivity index (χ1n) is 13.9. The van der Waals surface area contributed by atoms with Crippen molar-refractivity contribution in [3.05, 3.63) is 88.6 Å². The van der Waals surface area contributed by atoms with Crippen LogP contribution in [0.3, 0.4) is 0 Å². The summed E-state index contributed by atoms with van der Waals surface area (Å²) in [5, 5.41) is 12.9. The van der Waals surface area contributed by atoms with Crippen molar-refractivity contribution in [2.24, 2.45) is 17.3 Å². The summed E-state index contributed by atoms with van der Waals surface area (Å²) >= 11 is 0. The number of benzene rings is 2. The zero-order valence-electron chi connectivity index (χ0n) is 23.7. The third-order valence-electron chi connectivity index (χ3n) is 8.83. The van der Waals surface area contributed by atoms with Crippen molar-refractivity contribution in [1.29, 1.82) is 0 Å². The summed E-state index contributed by atoms with van der Waals surface area (Å²) in [7, 11) is 1.63. The average molecular weight is 545 g/mol. The average Bonchev–Trinajstić information content (AvgIpc) is 2.94. The molecule has 3 fully saturated rings. The number of rotatable bonds is 8. The molecule has 3 aromatic rings. The number of aromatic nitrogens is 1. The number of hydrogen-bond donors (Lipinski definition) is 0. The van der Waals surface area contributed by atoms with E-state index >= 15 is 0 Å². The van der Waals surface area contributed by atoms with E-state index in [0.29, 0.717) is 34.2 Å². The van der Waals surface area contributed by atoms with Gasteiger partial charge in [0, 0.05) is 42.0 Å². The van der Waals surface area contributed by atoms with Crippen molar-refractivity contribution in [2.45, 2.75) is 52.3 Å². The number of methoxy groups -OCH3 is 1. The number of nitrogens with zero attached hydrogens (tertiary/aromatic N) is 3. The fraction of sp³-hybridized carbons (Fsp3) is 0.438. The van der Waals surface area contributed by atoms with Crippen molar-refractivity contribution in [2.75, 3.05) is 20.2 Å². The first-order chi connectivity index (χ1) is 19.1. The van der Waals surface area contributed by atoms with Gasteiger partial charge in [-0.15, -0.1) is 6.58 Å². The van der Waals surface area contributed by atoms with Crippen LogP contribution in [0, 0.1) is 27.4 Å². The molecule has 40 heavy (non-hydrogen) atoms. The summed E-state index contributed by atoms with van der Waals surface area (Å²) in [4.78, 5) is 29.8. The van der Waals surface area contributed by atoms with Crippen molar-refractivity contribution in [3.8, 4) is 5.75 Å². The molecule has 3 aliphatic rings. The normalized spacial score (nSPS) is 24.9. The zero-order chi connectivity index (χ0) is 28.7. The fourth-order valence-corrected chi connectivity index (χ4v) is 6.69. The minimum absolute atomic E-state index is 0.0992. The Morgan fingerprint density at radius 1 is 1.25 bits per heavy atom. The van der Waals surface area contributed by atoms with Gasteiger partial charge in [0.1, 0.15) is 18.3 Å². The Morgan fingerprint density at radius 2 is 2.02 bits per heavy atom. The van der Waals surface area contributed by atoms with E-state index in [1.54, 1.807) is 25.4 Å². The maximum atomic E-state index is 13.5. The van der Waals surface area contributed by atoms with Crippen LogP contribution in [0.2, 0.25) is 0 Å². The van der Waals surface area contributed by atoms with Gasteiger partial charge in [0.05, 0.1) is 41.6 Å². The molecule has 0 radical (unpaired) electrons. The van der Waals surface area contributed by atoms with Crippen LogP contribution in [0.15, 0.2) is 67.4 Å². The van der Waals surface area contributed by atoms with Gasteiger partial charge in [0.2, 0.25) is 0 Å². The molecule has 4 heterocycles. The summed E-state index contributed by atoms with van der Waals surface area (Å²) < 4.78 is 12.6. The van der Waals surface area contributed by atoms with Gasteiger partial charge in [-0.25, -0.2) is 0 Å². The van der Waals surface area contributed by atoms with E-state index in [-0.39, 0.29) is 22.6 Å². The van der Waals surface area contributed by atoms with Crippen molar-refractivity contribution in [1.82, 2.24) is 4.98 Å². The van der Waals surface area contributed by atoms with Crippen LogP contribution in [0.4, 0.5) is 5.69 Å². The number of hydrogen-bond acceptors (Lipinski definition) is 6. The Hall–Kier alpha value is -3.78. The molecule has 3 saturated heterocycles. The third-order valence-corrected chi connectivity index (χ3v) is 8.83. The Bertz CT molecular complexity index is 1450. The number of carbonyl (C=O) groups is 1. The van der Waals surface area contributed by atoms with Crippen molar-refractivity contribution >= 4 is 22.6 Å². The molecular formula is C32H38N3O5+. The maximum absolute atomic E-state index is 13.5. The molecule has 8 nitrogen and oxygen atoms in total. The predicted molar refractivity (Wildman–Crippen MR) is 154 cm³/mol. The Kier molecular flexibility index (Phi) is 7.40. The van der Waals surface area contributed by atoms with Gasteiger partial charge in [0.25, 0.3) is 5.69 Å². The van der Waals surface area contributed by atoms with Gasteiger partial charge in [-0.2, -0.15) is 0 Å². The lowest BCUT2D eigenvalue weighted by molar-refractivity contribution is -0.984. The van der Waals surface area contributed by atoms with Crippen molar-refractivity contribution in [3.63, 3.8) is 0 Å². The molecule has 210 valence electrons. The number of nitro benzene ring substituents is 1. The second-order valence-electron chi connectivity index (χ2n) is 12.3. The largest absolute Gasteiger partial charge is 0.497 e. The van der Waals surface area contributed by atoms with E-state index in [0.717, 1.165) is 42.4 Å². The van der Waals surface area contributed by atoms with E-state index < -0.39 is 11.5 Å². The van der Waals surface area contributed by atoms with Crippen LogP contribution < -0.4 is 4.74 Å². The molecule has 1 aromatic heterocycles. The van der Waals surface area contributed by atoms with Crippen LogP contribution in [0.25, 0.3) is 10.9 Å². The van der Waals surface area contributed by atoms with E-state index in [2.05, 4.69) is 11.6 Å². The highest BCUT2D eigenvalue weighted by atomic mass is 16.6. The first kappa shape index (κ1) is 27.8. The summed E-state index contributed by atoms with van der Waals surface area (Å²) in [6, 6.07) is 14.6. The molecule has 5 atom stereocenters. The lowest BCUT2D eigenvalue weighted by Gasteiger charge is -2.58. The Balaban J connectivity index is 1.68. The summed E-state index contributed by atoms with van der Waals surface area (Å²) in [6.45, 7) is 11.8. The molecule has 0 saturated carbocycles. The number of ether oxygens (including phenoxy) is 2. The lowest BCUT2D eigenvalue weighted by Crippen LogP contribution is -2.68. The number of piperidine rings is 3. The number of esters is 1. The number of pyridine rings is 1. The molecule has 0 N–H and O–H groups in total. The SMILES string of the molecule is C=CC1C[N+]2(Cc3ccccc3[N+](=O)[O-])CCC1CC2[C@H](OC(=O)C(C)(C)C)c1ccnc2ccc(OC)cc12. The zero-order valence-corrected chi connectivity index (χ0v) is 23.7. The topological polar surface area (TPSA) is 91.6 Å². The monoisotopic (exact) mass is 544 g/mol. The van der Waals surface area contributed by atoms with Gasteiger partial charge in [-0.05, 0) is 57.0 Å². The van der Waals surface area contributed by atoms with E-state index in [1.165, 1.54) is 0 Å². The van der Waals surface area contributed by atoms with Gasteiger partial charge in [-0.3, -0.25) is 19.9 Å². The summed E-state index contributed by atoms with van der Waals surface area (Å²) in [5.74, 6) is 1.12. The number of nitro groups is 1. The molecule has 0 aliphatic carbocycles. The fourth-order valence-electron chi connectivity index (χ4n) is 6.69. The Labute approximate surface area is 235 Å². The second-order valence-corrected chi connectivity index (χ2v) is 12.3. The Morgan fingerprint density at radius 3 is 2.73 bits per heavy atom. The van der Waals surface area contributed by atoms with E-state index in [1.807, 2.05) is 63.2 Å². The van der Waals surface area contributed by atoms with E-state index in [9.17, 15) is 14.9 Å². The summed E-state index contributed by atoms with van der Waals surface area (Å²) in [6.07, 6.45) is 5.05. The highest BCUT2D eigenvalue weighted by molar-refractivity contribution is 5.84. The van der Waals surface area contributed by atoms with E-state index in [4.69, 9.17) is 9.47 Å². The molecule has 6 rings (SSSR count). The summed E-state index contributed by atoms with van der Waals surface area (Å²) in [5.41, 5.74) is 1.80. The quantitative estimate of drug-likeness (QED) is 0.107. The van der Waals surface area contributed by atoms with Gasteiger partial charge < -0.3 is 14.0 Å². The highest BCUT2D eigenvalue weighted by Crippen LogP contribution is 2.50. The van der Waals surface area contributed by atoms with Crippen molar-refractivity contribution < 1.29 is 23.7 Å². The second kappa shape index (κ2) is 10.7. The third kappa shape index (κ3) is 5.08. The van der Waals surface area contributed by atoms with Crippen LogP contribution in [0.1, 0.15) is 50.8 Å². The van der Waals surface area contributed by atoms with Crippen LogP contribution >= 0.6 is 0 Å². The van der Waals surface area contributed by atoms with Gasteiger partial charge in [0.15, 0.2) is 6.10 Å². The number of quaternary nitrogens is 1. The van der Waals surface area contributed by atoms with Gasteiger partial charge >= 0.3 is 5.97 Å². The molecule has 4 unspecified atom stereocenters. The molecule has 0 amide bonds. The number of fused-ring (bicyclic) bond motifs is 4. The molecule has 0 spiro atoms. The molecule has 2 aromatic carbocycles. The molecule has 8 heteroatoms. The number of para-hydroxylation sites is 1. The first-order valence-corrected chi connectivity index (χ1v) is 13.9. The number of carbonyl (C=O) groups excluding carboxylic acids is 1. The molecule has 2 bridgehead atoms.